The third-order valence-electron chi connectivity index (χ3n) is 4.89. The van der Waals surface area contributed by atoms with Crippen molar-refractivity contribution in [1.82, 2.24) is 35.4 Å². The summed E-state index contributed by atoms with van der Waals surface area (Å²) in [6.45, 7) is 1.72. The number of halogens is 1. The highest BCUT2D eigenvalue weighted by Gasteiger charge is 2.21. The molecule has 0 fully saturated rings. The van der Waals surface area contributed by atoms with E-state index in [9.17, 15) is 19.2 Å². The van der Waals surface area contributed by atoms with Crippen molar-refractivity contribution < 1.29 is 29.4 Å². The first-order valence-corrected chi connectivity index (χ1v) is 11.1. The Hall–Kier alpha value is -4.86. The number of fused-ring (bicyclic) bond motifs is 1. The molecule has 0 aliphatic rings. The van der Waals surface area contributed by atoms with E-state index in [1.165, 1.54) is 24.0 Å². The maximum atomic E-state index is 12.3. The number of nitrogen functional groups attached to an aromatic ring is 2. The first-order chi connectivity index (χ1) is 17.9. The van der Waals surface area contributed by atoms with Crippen molar-refractivity contribution in [2.75, 3.05) is 30.9 Å². The molecule has 1 aromatic carbocycles. The van der Waals surface area contributed by atoms with Crippen molar-refractivity contribution in [3.05, 3.63) is 35.7 Å². The van der Waals surface area contributed by atoms with Crippen LogP contribution >= 0.6 is 12.4 Å². The summed E-state index contributed by atoms with van der Waals surface area (Å²) in [5.74, 6) is -2.62. The number of hydrogen-bond acceptors (Lipinski definition) is 12. The molecule has 17 heteroatoms. The number of amides is 2. The van der Waals surface area contributed by atoms with E-state index in [-0.39, 0.29) is 66.2 Å². The molecule has 8 N–H and O–H groups in total. The van der Waals surface area contributed by atoms with Crippen LogP contribution in [0.15, 0.2) is 24.3 Å². The molecular formula is C22H29ClN10O6. The van der Waals surface area contributed by atoms with E-state index in [0.29, 0.717) is 11.5 Å². The number of rotatable bonds is 9. The number of carboxylic acid groups (broad SMARTS) is 2. The van der Waals surface area contributed by atoms with Crippen LogP contribution in [-0.4, -0.2) is 84.2 Å². The number of carbonyl (C=O) groups excluding carboxylic acids is 2. The lowest BCUT2D eigenvalue weighted by Gasteiger charge is -2.14. The van der Waals surface area contributed by atoms with Crippen LogP contribution in [0.3, 0.4) is 0 Å². The number of hydrogen-bond donors (Lipinski definition) is 6. The molecule has 3 rings (SSSR count). The van der Waals surface area contributed by atoms with Gasteiger partial charge in [-0.3, -0.25) is 14.4 Å². The van der Waals surface area contributed by atoms with Crippen LogP contribution < -0.4 is 22.1 Å². The smallest absolute Gasteiger partial charge is 0.326 e. The van der Waals surface area contributed by atoms with Crippen LogP contribution in [-0.2, 0) is 20.9 Å². The molecule has 39 heavy (non-hydrogen) atoms. The molecule has 0 saturated heterocycles. The van der Waals surface area contributed by atoms with Crippen LogP contribution in [0.1, 0.15) is 35.9 Å². The summed E-state index contributed by atoms with van der Waals surface area (Å²) in [5.41, 5.74) is 12.6. The van der Waals surface area contributed by atoms with Crippen LogP contribution in [0.5, 0.6) is 0 Å². The lowest BCUT2D eigenvalue weighted by atomic mass is 10.1. The van der Waals surface area contributed by atoms with Gasteiger partial charge in [-0.1, -0.05) is 0 Å². The molecule has 0 radical (unpaired) electrons. The van der Waals surface area contributed by atoms with Gasteiger partial charge >= 0.3 is 11.9 Å². The molecule has 0 aliphatic heterocycles. The number of nitrogens with one attached hydrogen (secondary N) is 2. The van der Waals surface area contributed by atoms with Gasteiger partial charge in [0.15, 0.2) is 17.2 Å². The lowest BCUT2D eigenvalue weighted by molar-refractivity contribution is -0.140. The topological polar surface area (TPSA) is 253 Å². The van der Waals surface area contributed by atoms with E-state index in [0.717, 1.165) is 0 Å². The zero-order chi connectivity index (χ0) is 28.4. The van der Waals surface area contributed by atoms with Crippen molar-refractivity contribution in [3.63, 3.8) is 0 Å². The van der Waals surface area contributed by atoms with Crippen molar-refractivity contribution in [2.24, 2.45) is 0 Å². The van der Waals surface area contributed by atoms with E-state index >= 15 is 0 Å². The van der Waals surface area contributed by atoms with E-state index in [1.807, 2.05) is 0 Å². The minimum absolute atomic E-state index is 0. The van der Waals surface area contributed by atoms with E-state index in [1.54, 1.807) is 26.2 Å². The third-order valence-corrected chi connectivity index (χ3v) is 4.89. The fraction of sp³-hybridized carbons (Fsp3) is 0.318. The number of carbonyl (C=O) groups is 4. The molecular weight excluding hydrogens is 536 g/mol. The van der Waals surface area contributed by atoms with Crippen molar-refractivity contribution in [3.8, 4) is 0 Å². The number of anilines is 3. The van der Waals surface area contributed by atoms with E-state index in [2.05, 4.69) is 35.8 Å². The van der Waals surface area contributed by atoms with Gasteiger partial charge in [-0.05, 0) is 30.7 Å². The Kier molecular flexibility index (Phi) is 12.2. The fourth-order valence-electron chi connectivity index (χ4n) is 2.67. The first kappa shape index (κ1) is 32.2. The van der Waals surface area contributed by atoms with Crippen LogP contribution in [0, 0.1) is 0 Å². The molecule has 0 bridgehead atoms. The molecule has 2 aromatic heterocycles. The van der Waals surface area contributed by atoms with E-state index < -0.39 is 23.9 Å². The second-order valence-corrected chi connectivity index (χ2v) is 8.01. The van der Waals surface area contributed by atoms with Crippen LogP contribution in [0.4, 0.5) is 17.5 Å². The van der Waals surface area contributed by atoms with Gasteiger partial charge in [0, 0.05) is 38.7 Å². The highest BCUT2D eigenvalue weighted by molar-refractivity contribution is 5.97. The van der Waals surface area contributed by atoms with Gasteiger partial charge in [0.25, 0.3) is 5.91 Å². The SMILES string of the molecule is CC(=O)N(C)C.Cl.Nc1nc(N)c2nc(CNc3ccc(C(=O)NC(CCC(=O)O)C(=O)O)cc3)nnc2n1. The molecule has 0 saturated carbocycles. The van der Waals surface area contributed by atoms with Gasteiger partial charge < -0.3 is 37.2 Å². The number of nitrogens with zero attached hydrogens (tertiary/aromatic N) is 6. The average molecular weight is 565 g/mol. The number of benzene rings is 1. The lowest BCUT2D eigenvalue weighted by Crippen LogP contribution is -2.41. The van der Waals surface area contributed by atoms with Gasteiger partial charge in [0.2, 0.25) is 17.5 Å². The van der Waals surface area contributed by atoms with Crippen LogP contribution in [0.25, 0.3) is 11.2 Å². The molecule has 2 heterocycles. The van der Waals surface area contributed by atoms with E-state index in [4.69, 9.17) is 21.7 Å². The highest BCUT2D eigenvalue weighted by atomic mass is 35.5. The van der Waals surface area contributed by atoms with Gasteiger partial charge in [0.05, 0.1) is 6.54 Å². The number of carboxylic acids is 2. The van der Waals surface area contributed by atoms with Gasteiger partial charge in [-0.15, -0.1) is 22.6 Å². The predicted molar refractivity (Wildman–Crippen MR) is 143 cm³/mol. The molecule has 210 valence electrons. The second-order valence-electron chi connectivity index (χ2n) is 8.01. The minimum atomic E-state index is -1.31. The summed E-state index contributed by atoms with van der Waals surface area (Å²) in [6, 6.07) is 4.88. The first-order valence-electron chi connectivity index (χ1n) is 11.1. The second kappa shape index (κ2) is 14.8. The Balaban J connectivity index is 0.000000977. The molecule has 0 aliphatic carbocycles. The standard InChI is InChI=1S/C18H19N9O5.C4H9NO.ClH/c19-14-13-15(25-18(20)24-14)27-26-11(23-13)7-21-9-3-1-8(2-4-9)16(30)22-10(17(31)32)5-6-12(28)29;1-4(6)5(2)3;/h1-4,10,21H,5-7H2,(H,22,30)(H,28,29)(H,31,32)(H4,19,20,24,25,27);1-3H3;1H. The number of aromatic nitrogens is 5. The van der Waals surface area contributed by atoms with Crippen molar-refractivity contribution in [2.45, 2.75) is 32.4 Å². The minimum Gasteiger partial charge on any atom is -0.481 e. The van der Waals surface area contributed by atoms with Crippen LogP contribution in [0.2, 0.25) is 0 Å². The van der Waals surface area contributed by atoms with Crippen molar-refractivity contribution >= 4 is 64.8 Å². The molecule has 1 unspecified atom stereocenters. The van der Waals surface area contributed by atoms with Gasteiger partial charge in [0.1, 0.15) is 6.04 Å². The average Bonchev–Trinajstić information content (AvgIpc) is 2.85. The molecule has 0 spiro atoms. The Morgan fingerprint density at radius 3 is 2.15 bits per heavy atom. The Bertz CT molecular complexity index is 1320. The predicted octanol–water partition coefficient (Wildman–Crippen LogP) is 0.155. The largest absolute Gasteiger partial charge is 0.481 e. The highest BCUT2D eigenvalue weighted by Crippen LogP contribution is 2.15. The fourth-order valence-corrected chi connectivity index (χ4v) is 2.67. The summed E-state index contributed by atoms with van der Waals surface area (Å²) in [5, 5.41) is 31.1. The molecule has 2 amide bonds. The Labute approximate surface area is 228 Å². The third kappa shape index (κ3) is 10.2. The molecule has 3 aromatic rings. The monoisotopic (exact) mass is 564 g/mol. The summed E-state index contributed by atoms with van der Waals surface area (Å²) in [7, 11) is 3.45. The van der Waals surface area contributed by atoms with Gasteiger partial charge in [-0.25, -0.2) is 9.78 Å². The molecule has 1 atom stereocenters. The Morgan fingerprint density at radius 2 is 1.62 bits per heavy atom. The zero-order valence-corrected chi connectivity index (χ0v) is 22.1. The summed E-state index contributed by atoms with van der Waals surface area (Å²) in [4.78, 5) is 57.7. The normalized spacial score (nSPS) is 10.7. The Morgan fingerprint density at radius 1 is 1.00 bits per heavy atom. The summed E-state index contributed by atoms with van der Waals surface area (Å²) in [6.07, 6.45) is -0.602. The maximum Gasteiger partial charge on any atom is 0.326 e. The van der Waals surface area contributed by atoms with Gasteiger partial charge in [-0.2, -0.15) is 9.97 Å². The zero-order valence-electron chi connectivity index (χ0n) is 21.3. The maximum absolute atomic E-state index is 12.3. The van der Waals surface area contributed by atoms with Crippen molar-refractivity contribution in [1.29, 1.82) is 0 Å². The summed E-state index contributed by atoms with van der Waals surface area (Å²) >= 11 is 0. The number of aliphatic carboxylic acids is 2. The quantitative estimate of drug-likeness (QED) is 0.202. The number of nitrogens with two attached hydrogens (primary N) is 2. The molecule has 16 nitrogen and oxygen atoms in total. The summed E-state index contributed by atoms with van der Waals surface area (Å²) < 4.78 is 0.